The lowest BCUT2D eigenvalue weighted by molar-refractivity contribution is -0.138. The highest BCUT2D eigenvalue weighted by molar-refractivity contribution is 7.99. The van der Waals surface area contributed by atoms with E-state index in [2.05, 4.69) is 20.4 Å². The van der Waals surface area contributed by atoms with Crippen LogP contribution in [0.5, 0.6) is 5.75 Å². The van der Waals surface area contributed by atoms with Crippen molar-refractivity contribution in [3.05, 3.63) is 41.6 Å². The molecule has 11 nitrogen and oxygen atoms in total. The number of ketones is 1. The summed E-state index contributed by atoms with van der Waals surface area (Å²) in [5, 5.41) is 20.0. The number of carboxylic acids is 1. The van der Waals surface area contributed by atoms with Crippen LogP contribution < -0.4 is 15.0 Å². The van der Waals surface area contributed by atoms with E-state index in [0.29, 0.717) is 61.0 Å². The number of hydrogen-bond acceptors (Lipinski definition) is 10. The van der Waals surface area contributed by atoms with Crippen molar-refractivity contribution in [3.63, 3.8) is 0 Å². The van der Waals surface area contributed by atoms with E-state index in [9.17, 15) is 9.59 Å². The number of anilines is 3. The van der Waals surface area contributed by atoms with Crippen molar-refractivity contribution in [2.24, 2.45) is 0 Å². The molecule has 3 heterocycles. The van der Waals surface area contributed by atoms with Gasteiger partial charge in [-0.3, -0.25) is 19.6 Å². The number of carboxylic acid groups (broad SMARTS) is 1. The van der Waals surface area contributed by atoms with Gasteiger partial charge in [0.15, 0.2) is 22.6 Å². The number of H-pyrrole nitrogens is 1. The van der Waals surface area contributed by atoms with Crippen molar-refractivity contribution in [1.82, 2.24) is 25.1 Å². The molecule has 0 bridgehead atoms. The molecular formula is C24H29N7O4S. The number of nitrogens with zero attached hydrogens (tertiary/aromatic N) is 5. The van der Waals surface area contributed by atoms with Gasteiger partial charge >= 0.3 is 5.97 Å². The fourth-order valence-electron chi connectivity index (χ4n) is 3.93. The monoisotopic (exact) mass is 511 g/mol. The maximum atomic E-state index is 11.4. The van der Waals surface area contributed by atoms with Crippen LogP contribution in [-0.2, 0) is 16.0 Å². The zero-order valence-corrected chi connectivity index (χ0v) is 21.3. The third-order valence-corrected chi connectivity index (χ3v) is 6.47. The van der Waals surface area contributed by atoms with E-state index in [1.54, 1.807) is 14.0 Å². The van der Waals surface area contributed by atoms with Crippen LogP contribution in [0.25, 0.3) is 0 Å². The average Bonchev–Trinajstić information content (AvgIpc) is 3.24. The molecular weight excluding hydrogens is 482 g/mol. The predicted octanol–water partition coefficient (Wildman–Crippen LogP) is 2.75. The third kappa shape index (κ3) is 6.52. The number of ether oxygens (including phenoxy) is 1. The summed E-state index contributed by atoms with van der Waals surface area (Å²) in [6.07, 6.45) is 0.402. The van der Waals surface area contributed by atoms with E-state index in [1.165, 1.54) is 11.8 Å². The van der Waals surface area contributed by atoms with Crippen molar-refractivity contribution in [2.45, 2.75) is 30.3 Å². The molecule has 2 aromatic heterocycles. The molecule has 1 saturated heterocycles. The summed E-state index contributed by atoms with van der Waals surface area (Å²) in [7, 11) is 1.57. The molecule has 0 atom stereocenters. The minimum Gasteiger partial charge on any atom is -0.490 e. The Morgan fingerprint density at radius 3 is 2.47 bits per heavy atom. The van der Waals surface area contributed by atoms with E-state index < -0.39 is 5.97 Å². The maximum absolute atomic E-state index is 11.4. The van der Waals surface area contributed by atoms with E-state index in [4.69, 9.17) is 19.8 Å². The van der Waals surface area contributed by atoms with E-state index in [1.807, 2.05) is 42.2 Å². The second-order valence-corrected chi connectivity index (χ2v) is 9.60. The molecule has 1 aromatic carbocycles. The lowest BCUT2D eigenvalue weighted by Crippen LogP contribution is -2.48. The minimum atomic E-state index is -0.836. The lowest BCUT2D eigenvalue weighted by Gasteiger charge is -2.35. The summed E-state index contributed by atoms with van der Waals surface area (Å²) in [4.78, 5) is 37.0. The first kappa shape index (κ1) is 25.5. The molecule has 0 radical (unpaired) electrons. The van der Waals surface area contributed by atoms with Crippen LogP contribution in [0.4, 0.5) is 17.5 Å². The highest BCUT2D eigenvalue weighted by atomic mass is 32.2. The molecule has 0 saturated carbocycles. The van der Waals surface area contributed by atoms with Gasteiger partial charge in [-0.1, -0.05) is 12.1 Å². The number of nitrogens with one attached hydrogen (secondary N) is 2. The summed E-state index contributed by atoms with van der Waals surface area (Å²) < 4.78 is 5.74. The van der Waals surface area contributed by atoms with Gasteiger partial charge in [0.25, 0.3) is 0 Å². The van der Waals surface area contributed by atoms with Crippen LogP contribution in [0.1, 0.15) is 18.2 Å². The molecule has 0 amide bonds. The van der Waals surface area contributed by atoms with Crippen LogP contribution in [-0.4, -0.2) is 81.8 Å². The van der Waals surface area contributed by atoms with E-state index in [0.717, 1.165) is 16.2 Å². The zero-order valence-electron chi connectivity index (χ0n) is 20.4. The van der Waals surface area contributed by atoms with Crippen LogP contribution in [0.15, 0.2) is 40.4 Å². The van der Waals surface area contributed by atoms with Crippen LogP contribution in [0.3, 0.4) is 0 Å². The average molecular weight is 512 g/mol. The number of Topliss-reactive ketones (excluding diaryl/α,β-unsaturated/α-hetero) is 1. The summed E-state index contributed by atoms with van der Waals surface area (Å²) in [5.41, 5.74) is 1.86. The fraction of sp³-hybridized carbons (Fsp3) is 0.375. The Morgan fingerprint density at radius 1 is 1.17 bits per heavy atom. The fourth-order valence-corrected chi connectivity index (χ4v) is 4.68. The van der Waals surface area contributed by atoms with Crippen molar-refractivity contribution >= 4 is 41.0 Å². The summed E-state index contributed by atoms with van der Waals surface area (Å²) in [6.45, 7) is 5.90. The van der Waals surface area contributed by atoms with Gasteiger partial charge < -0.3 is 20.1 Å². The second-order valence-electron chi connectivity index (χ2n) is 8.55. The molecule has 12 heteroatoms. The number of hydrogen-bond donors (Lipinski definition) is 3. The molecule has 3 aromatic rings. The van der Waals surface area contributed by atoms with E-state index in [-0.39, 0.29) is 12.3 Å². The second kappa shape index (κ2) is 11.4. The zero-order chi connectivity index (χ0) is 25.7. The van der Waals surface area contributed by atoms with Gasteiger partial charge in [-0.15, -0.1) is 0 Å². The number of piperazine rings is 1. The van der Waals surface area contributed by atoms with Crippen molar-refractivity contribution in [2.75, 3.05) is 50.1 Å². The van der Waals surface area contributed by atoms with Gasteiger partial charge in [0, 0.05) is 49.3 Å². The summed E-state index contributed by atoms with van der Waals surface area (Å²) in [5.74, 6) is 1.49. The maximum Gasteiger partial charge on any atom is 0.317 e. The molecule has 0 unspecified atom stereocenters. The van der Waals surface area contributed by atoms with Gasteiger partial charge in [0.2, 0.25) is 5.75 Å². The Bertz CT molecular complexity index is 1220. The Balaban J connectivity index is 1.63. The molecule has 1 fully saturated rings. The Hall–Kier alpha value is -3.64. The molecule has 1 aliphatic rings. The number of aryl methyl sites for hydroxylation is 1. The minimum absolute atomic E-state index is 0.0147. The molecule has 3 N–H and O–H groups in total. The number of aromatic amines is 1. The topological polar surface area (TPSA) is 137 Å². The third-order valence-electron chi connectivity index (χ3n) is 5.60. The number of carbonyl (C=O) groups excluding carboxylic acids is 1. The van der Waals surface area contributed by atoms with Crippen molar-refractivity contribution < 1.29 is 19.4 Å². The number of aliphatic carboxylic acids is 1. The van der Waals surface area contributed by atoms with Gasteiger partial charge in [0.1, 0.15) is 5.78 Å². The number of rotatable bonds is 10. The van der Waals surface area contributed by atoms with Crippen molar-refractivity contribution in [1.29, 1.82) is 0 Å². The number of carbonyl (C=O) groups is 2. The molecule has 1 aliphatic heterocycles. The van der Waals surface area contributed by atoms with Gasteiger partial charge in [-0.25, -0.2) is 9.97 Å². The standard InChI is InChI=1S/C24H29N7O4S/c1-15-12-19(29-28-15)25-22-21(35-3)23(31-10-8-30(9-11-31)14-20(33)34)27-24(26-22)36-18-6-4-17(5-7-18)13-16(2)32/h4-7,12H,8-11,13-14H2,1-3H3,(H,33,34)(H2,25,26,27,28,29). The predicted molar refractivity (Wildman–Crippen MR) is 136 cm³/mol. The normalized spacial score (nSPS) is 14.0. The van der Waals surface area contributed by atoms with Crippen LogP contribution in [0, 0.1) is 6.92 Å². The van der Waals surface area contributed by atoms with Gasteiger partial charge in [-0.2, -0.15) is 5.10 Å². The van der Waals surface area contributed by atoms with E-state index >= 15 is 0 Å². The Morgan fingerprint density at radius 2 is 1.89 bits per heavy atom. The molecule has 0 spiro atoms. The highest BCUT2D eigenvalue weighted by Crippen LogP contribution is 2.38. The first-order chi connectivity index (χ1) is 17.3. The first-order valence-corrected chi connectivity index (χ1v) is 12.3. The number of methoxy groups -OCH3 is 1. The SMILES string of the molecule is COc1c(Nc2cc(C)[nH]n2)nc(Sc2ccc(CC(C)=O)cc2)nc1N1CCN(CC(=O)O)CC1. The smallest absolute Gasteiger partial charge is 0.317 e. The van der Waals surface area contributed by atoms with Crippen LogP contribution in [0.2, 0.25) is 0 Å². The van der Waals surface area contributed by atoms with Gasteiger partial charge in [0.05, 0.1) is 13.7 Å². The number of aromatic nitrogens is 4. The molecule has 0 aliphatic carbocycles. The molecule has 4 rings (SSSR count). The summed E-state index contributed by atoms with van der Waals surface area (Å²) in [6, 6.07) is 9.63. The summed E-state index contributed by atoms with van der Waals surface area (Å²) >= 11 is 1.41. The largest absolute Gasteiger partial charge is 0.490 e. The van der Waals surface area contributed by atoms with Gasteiger partial charge in [-0.05, 0) is 43.3 Å². The van der Waals surface area contributed by atoms with Crippen molar-refractivity contribution in [3.8, 4) is 5.75 Å². The highest BCUT2D eigenvalue weighted by Gasteiger charge is 2.26. The first-order valence-electron chi connectivity index (χ1n) is 11.5. The lowest BCUT2D eigenvalue weighted by atomic mass is 10.1. The molecule has 190 valence electrons. The quantitative estimate of drug-likeness (QED) is 0.347. The van der Waals surface area contributed by atoms with Crippen LogP contribution >= 0.6 is 11.8 Å². The molecule has 36 heavy (non-hydrogen) atoms. The number of benzene rings is 1. The Kier molecular flexibility index (Phi) is 8.06. The Labute approximate surface area is 213 Å².